The second kappa shape index (κ2) is 8.24. The van der Waals surface area contributed by atoms with Crippen LogP contribution in [0.15, 0.2) is 18.2 Å². The third-order valence-corrected chi connectivity index (χ3v) is 5.60. The zero-order valence-electron chi connectivity index (χ0n) is 13.8. The number of carbonyl (C=O) groups excluding carboxylic acids is 1. The topological polar surface area (TPSA) is 102 Å². The smallest absolute Gasteiger partial charge is 0.241 e. The summed E-state index contributed by atoms with van der Waals surface area (Å²) in [5.41, 5.74) is 7.28. The highest BCUT2D eigenvalue weighted by Gasteiger charge is 2.16. The van der Waals surface area contributed by atoms with Gasteiger partial charge in [-0.2, -0.15) is 0 Å². The van der Waals surface area contributed by atoms with E-state index in [0.29, 0.717) is 11.6 Å². The van der Waals surface area contributed by atoms with Crippen molar-refractivity contribution in [2.75, 3.05) is 17.3 Å². The van der Waals surface area contributed by atoms with Crippen LogP contribution in [0.4, 0.5) is 5.69 Å². The number of thiazole rings is 1. The fraction of sp³-hybridized carbons (Fsp3) is 0.467. The van der Waals surface area contributed by atoms with Crippen molar-refractivity contribution in [2.45, 2.75) is 32.2 Å². The van der Waals surface area contributed by atoms with Crippen LogP contribution in [0.25, 0.3) is 10.2 Å². The number of fused-ring (bicyclic) bond motifs is 1. The lowest BCUT2D eigenvalue weighted by atomic mass is 10.2. The summed E-state index contributed by atoms with van der Waals surface area (Å²) >= 11 is 1.60. The number of amides is 1. The van der Waals surface area contributed by atoms with Gasteiger partial charge < -0.3 is 11.1 Å². The number of anilines is 1. The van der Waals surface area contributed by atoms with E-state index in [-0.39, 0.29) is 30.5 Å². The van der Waals surface area contributed by atoms with Crippen molar-refractivity contribution in [2.24, 2.45) is 5.73 Å². The number of nitrogens with zero attached hydrogens (tertiary/aromatic N) is 1. The molecule has 0 aliphatic heterocycles. The molecular weight excluding hydrogens is 370 g/mol. The molecule has 0 saturated carbocycles. The Hall–Kier alpha value is -1.22. The molecule has 0 saturated heterocycles. The molecule has 6 nitrogen and oxygen atoms in total. The molecule has 0 bridgehead atoms. The molecule has 0 aliphatic carbocycles. The second-order valence-electron chi connectivity index (χ2n) is 5.90. The molecule has 1 amide bonds. The Morgan fingerprint density at radius 2 is 2.04 bits per heavy atom. The van der Waals surface area contributed by atoms with Gasteiger partial charge in [0.2, 0.25) is 5.91 Å². The van der Waals surface area contributed by atoms with Crippen molar-refractivity contribution < 1.29 is 13.2 Å². The predicted octanol–water partition coefficient (Wildman–Crippen LogP) is 2.54. The van der Waals surface area contributed by atoms with Gasteiger partial charge in [-0.1, -0.05) is 13.8 Å². The first-order valence-electron chi connectivity index (χ1n) is 7.30. The molecule has 3 N–H and O–H groups in total. The summed E-state index contributed by atoms with van der Waals surface area (Å²) in [5, 5.41) is 3.78. The largest absolute Gasteiger partial charge is 0.325 e. The van der Waals surface area contributed by atoms with Gasteiger partial charge in [0.25, 0.3) is 0 Å². The van der Waals surface area contributed by atoms with E-state index in [1.54, 1.807) is 17.4 Å². The van der Waals surface area contributed by atoms with Crippen LogP contribution in [0.2, 0.25) is 0 Å². The minimum Gasteiger partial charge on any atom is -0.325 e. The van der Waals surface area contributed by atoms with Crippen molar-refractivity contribution >= 4 is 55.4 Å². The van der Waals surface area contributed by atoms with Crippen molar-refractivity contribution in [1.82, 2.24) is 4.98 Å². The molecule has 0 radical (unpaired) electrons. The highest BCUT2D eigenvalue weighted by atomic mass is 35.5. The number of halogens is 1. The average molecular weight is 392 g/mol. The Labute approximate surface area is 152 Å². The molecule has 2 rings (SSSR count). The van der Waals surface area contributed by atoms with Gasteiger partial charge >= 0.3 is 0 Å². The minimum atomic E-state index is -3.13. The summed E-state index contributed by atoms with van der Waals surface area (Å²) in [6, 6.07) is 4.64. The van der Waals surface area contributed by atoms with Crippen molar-refractivity contribution in [3.05, 3.63) is 23.2 Å². The lowest BCUT2D eigenvalue weighted by Crippen LogP contribution is -2.37. The maximum absolute atomic E-state index is 12.0. The van der Waals surface area contributed by atoms with Gasteiger partial charge in [-0.3, -0.25) is 4.79 Å². The number of carbonyl (C=O) groups is 1. The van der Waals surface area contributed by atoms with Gasteiger partial charge in [0.15, 0.2) is 0 Å². The van der Waals surface area contributed by atoms with E-state index < -0.39 is 15.9 Å². The average Bonchev–Trinajstić information content (AvgIpc) is 2.87. The Balaban J connectivity index is 0.00000288. The fourth-order valence-electron chi connectivity index (χ4n) is 1.97. The van der Waals surface area contributed by atoms with Crippen LogP contribution in [0.5, 0.6) is 0 Å². The standard InChI is InChI=1S/C15H21N3O3S2.ClH/c1-9(2)15-18-12-5-4-10(8-13(12)22-15)17-14(19)11(16)6-7-23(3,20)21;/h4-5,8-9,11H,6-7,16H2,1-3H3,(H,17,19);1H. The fourth-order valence-corrected chi connectivity index (χ4v) is 3.67. The summed E-state index contributed by atoms with van der Waals surface area (Å²) in [4.78, 5) is 16.6. The summed E-state index contributed by atoms with van der Waals surface area (Å²) in [6.45, 7) is 4.17. The lowest BCUT2D eigenvalue weighted by Gasteiger charge is -2.11. The Morgan fingerprint density at radius 1 is 1.38 bits per heavy atom. The molecule has 1 unspecified atom stereocenters. The number of rotatable bonds is 6. The van der Waals surface area contributed by atoms with E-state index in [1.165, 1.54) is 0 Å². The van der Waals surface area contributed by atoms with Gasteiger partial charge in [-0.25, -0.2) is 13.4 Å². The number of hydrogen-bond acceptors (Lipinski definition) is 6. The number of nitrogens with two attached hydrogens (primary N) is 1. The van der Waals surface area contributed by atoms with Crippen molar-refractivity contribution in [3.63, 3.8) is 0 Å². The van der Waals surface area contributed by atoms with Gasteiger partial charge in [0.05, 0.1) is 27.0 Å². The summed E-state index contributed by atoms with van der Waals surface area (Å²) in [5.74, 6) is -0.135. The molecule has 1 aromatic heterocycles. The first kappa shape index (κ1) is 20.8. The maximum atomic E-state index is 12.0. The maximum Gasteiger partial charge on any atom is 0.241 e. The zero-order chi connectivity index (χ0) is 17.2. The monoisotopic (exact) mass is 391 g/mol. The molecule has 1 aromatic carbocycles. The molecule has 0 fully saturated rings. The Kier molecular flexibility index (Phi) is 7.15. The van der Waals surface area contributed by atoms with Gasteiger partial charge in [0, 0.05) is 17.9 Å². The number of aromatic nitrogens is 1. The van der Waals surface area contributed by atoms with Gasteiger partial charge in [0.1, 0.15) is 9.84 Å². The SMILES string of the molecule is CC(C)c1nc2ccc(NC(=O)C(N)CCS(C)(=O)=O)cc2s1.Cl. The normalized spacial score (nSPS) is 12.9. The molecule has 9 heteroatoms. The molecular formula is C15H22ClN3O3S2. The minimum absolute atomic E-state index is 0. The van der Waals surface area contributed by atoms with Crippen molar-refractivity contribution in [1.29, 1.82) is 0 Å². The lowest BCUT2D eigenvalue weighted by molar-refractivity contribution is -0.117. The Morgan fingerprint density at radius 3 is 2.62 bits per heavy atom. The Bertz CT molecular complexity index is 818. The number of nitrogens with one attached hydrogen (secondary N) is 1. The molecule has 1 atom stereocenters. The molecule has 0 spiro atoms. The zero-order valence-corrected chi connectivity index (χ0v) is 16.2. The van der Waals surface area contributed by atoms with Crippen molar-refractivity contribution in [3.8, 4) is 0 Å². The van der Waals surface area contributed by atoms with Crippen LogP contribution in [0.3, 0.4) is 0 Å². The van der Waals surface area contributed by atoms with Crippen LogP contribution in [-0.4, -0.2) is 37.4 Å². The molecule has 0 aliphatic rings. The summed E-state index contributed by atoms with van der Waals surface area (Å²) < 4.78 is 23.3. The highest BCUT2D eigenvalue weighted by molar-refractivity contribution is 7.90. The predicted molar refractivity (Wildman–Crippen MR) is 102 cm³/mol. The van der Waals surface area contributed by atoms with E-state index in [9.17, 15) is 13.2 Å². The van der Waals surface area contributed by atoms with Crippen LogP contribution < -0.4 is 11.1 Å². The third kappa shape index (κ3) is 5.70. The van der Waals surface area contributed by atoms with Crippen LogP contribution in [-0.2, 0) is 14.6 Å². The van der Waals surface area contributed by atoms with E-state index in [4.69, 9.17) is 5.73 Å². The molecule has 134 valence electrons. The highest BCUT2D eigenvalue weighted by Crippen LogP contribution is 2.29. The van der Waals surface area contributed by atoms with Crippen LogP contribution in [0.1, 0.15) is 31.2 Å². The third-order valence-electron chi connectivity index (χ3n) is 3.30. The molecule has 2 aromatic rings. The second-order valence-corrected chi connectivity index (χ2v) is 9.23. The quantitative estimate of drug-likeness (QED) is 0.787. The van der Waals surface area contributed by atoms with Gasteiger partial charge in [-0.05, 0) is 24.6 Å². The number of sulfone groups is 1. The van der Waals surface area contributed by atoms with E-state index in [1.807, 2.05) is 12.1 Å². The first-order valence-corrected chi connectivity index (χ1v) is 10.2. The van der Waals surface area contributed by atoms with E-state index in [2.05, 4.69) is 24.1 Å². The first-order chi connectivity index (χ1) is 10.7. The summed E-state index contributed by atoms with van der Waals surface area (Å²) in [7, 11) is -3.13. The van der Waals surface area contributed by atoms with Crippen LogP contribution in [0, 0.1) is 0 Å². The molecule has 24 heavy (non-hydrogen) atoms. The van der Waals surface area contributed by atoms with Gasteiger partial charge in [-0.15, -0.1) is 23.7 Å². The van der Waals surface area contributed by atoms with E-state index in [0.717, 1.165) is 21.5 Å². The molecule has 1 heterocycles. The van der Waals surface area contributed by atoms with Crippen LogP contribution >= 0.6 is 23.7 Å². The summed E-state index contributed by atoms with van der Waals surface area (Å²) in [6.07, 6.45) is 1.23. The number of benzene rings is 1. The van der Waals surface area contributed by atoms with E-state index >= 15 is 0 Å². The number of hydrogen-bond donors (Lipinski definition) is 2.